The van der Waals surface area contributed by atoms with E-state index >= 15 is 0 Å². The van der Waals surface area contributed by atoms with Crippen LogP contribution in [0.15, 0.2) is 18.2 Å². The molecule has 1 rings (SSSR count). The van der Waals surface area contributed by atoms with Crippen molar-refractivity contribution in [1.82, 2.24) is 5.32 Å². The Hall–Kier alpha value is -2.28. The summed E-state index contributed by atoms with van der Waals surface area (Å²) in [5.41, 5.74) is -0.109. The van der Waals surface area contributed by atoms with E-state index in [0.717, 1.165) is 18.2 Å². The quantitative estimate of drug-likeness (QED) is 0.473. The van der Waals surface area contributed by atoms with Gasteiger partial charge in [0.1, 0.15) is 11.5 Å². The fourth-order valence-electron chi connectivity index (χ4n) is 1.15. The summed E-state index contributed by atoms with van der Waals surface area (Å²) in [6.45, 7) is -0.758. The summed E-state index contributed by atoms with van der Waals surface area (Å²) in [6, 6.07) is 1.71. The number of carboxylic acids is 1. The monoisotopic (exact) mass is 241 g/mol. The van der Waals surface area contributed by atoms with Crippen LogP contribution in [0.5, 0.6) is 11.5 Å². The number of amides is 1. The molecule has 0 fully saturated rings. The van der Waals surface area contributed by atoms with E-state index in [1.807, 2.05) is 5.32 Å². The Bertz CT molecular complexity index is 424. The van der Waals surface area contributed by atoms with Crippen LogP contribution >= 0.6 is 0 Å². The minimum atomic E-state index is -1.44. The lowest BCUT2D eigenvalue weighted by atomic mass is 10.1. The first-order chi connectivity index (χ1) is 7.93. The Kier molecular flexibility index (Phi) is 3.89. The predicted molar refractivity (Wildman–Crippen MR) is 55.7 cm³/mol. The molecule has 5 N–H and O–H groups in total. The summed E-state index contributed by atoms with van der Waals surface area (Å²) in [6.07, 6.45) is 0. The van der Waals surface area contributed by atoms with Crippen LogP contribution < -0.4 is 5.32 Å². The lowest BCUT2D eigenvalue weighted by Crippen LogP contribution is -2.43. The van der Waals surface area contributed by atoms with Crippen LogP contribution in [-0.2, 0) is 4.79 Å². The zero-order chi connectivity index (χ0) is 13.0. The standard InChI is InChI=1S/C10H11NO6/c12-4-8(10(16)17)11-9(15)5-1-6(13)3-7(14)2-5/h1-3,8,12-14H,4H2,(H,11,15)(H,16,17)/t8-/m0/s1. The highest BCUT2D eigenvalue weighted by molar-refractivity contribution is 5.97. The van der Waals surface area contributed by atoms with Gasteiger partial charge < -0.3 is 25.7 Å². The van der Waals surface area contributed by atoms with Crippen molar-refractivity contribution in [3.63, 3.8) is 0 Å². The molecular weight excluding hydrogens is 230 g/mol. The molecule has 0 radical (unpaired) electrons. The van der Waals surface area contributed by atoms with Crippen molar-refractivity contribution in [2.45, 2.75) is 6.04 Å². The van der Waals surface area contributed by atoms with Gasteiger partial charge in [-0.05, 0) is 12.1 Å². The fraction of sp³-hybridized carbons (Fsp3) is 0.200. The second-order valence-corrected chi connectivity index (χ2v) is 3.28. The largest absolute Gasteiger partial charge is 0.508 e. The molecule has 0 heterocycles. The zero-order valence-corrected chi connectivity index (χ0v) is 8.62. The van der Waals surface area contributed by atoms with Crippen LogP contribution in [-0.4, -0.2) is 45.0 Å². The first kappa shape index (κ1) is 12.8. The van der Waals surface area contributed by atoms with Crippen LogP contribution in [0.2, 0.25) is 0 Å². The molecule has 0 aliphatic rings. The van der Waals surface area contributed by atoms with Crippen LogP contribution in [0.3, 0.4) is 0 Å². The molecule has 7 heteroatoms. The second kappa shape index (κ2) is 5.17. The number of carbonyl (C=O) groups is 2. The highest BCUT2D eigenvalue weighted by Crippen LogP contribution is 2.20. The van der Waals surface area contributed by atoms with E-state index in [2.05, 4.69) is 0 Å². The topological polar surface area (TPSA) is 127 Å². The lowest BCUT2D eigenvalue weighted by Gasteiger charge is -2.11. The molecule has 0 bridgehead atoms. The van der Waals surface area contributed by atoms with Gasteiger partial charge in [0, 0.05) is 11.6 Å². The van der Waals surface area contributed by atoms with Crippen LogP contribution in [0.4, 0.5) is 0 Å². The number of aromatic hydroxyl groups is 2. The number of aliphatic hydroxyl groups is 1. The number of hydrogen-bond acceptors (Lipinski definition) is 5. The molecule has 17 heavy (non-hydrogen) atoms. The first-order valence-corrected chi connectivity index (χ1v) is 4.61. The second-order valence-electron chi connectivity index (χ2n) is 3.28. The highest BCUT2D eigenvalue weighted by atomic mass is 16.4. The molecule has 0 spiro atoms. The molecule has 0 aromatic heterocycles. The Balaban J connectivity index is 2.86. The molecule has 0 aliphatic heterocycles. The van der Waals surface area contributed by atoms with Gasteiger partial charge >= 0.3 is 5.97 Å². The highest BCUT2D eigenvalue weighted by Gasteiger charge is 2.20. The third-order valence-electron chi connectivity index (χ3n) is 1.95. The molecule has 1 amide bonds. The number of phenols is 2. The van der Waals surface area contributed by atoms with Gasteiger partial charge in [-0.25, -0.2) is 4.79 Å². The number of carboxylic acid groups (broad SMARTS) is 1. The maximum Gasteiger partial charge on any atom is 0.328 e. The maximum atomic E-state index is 11.5. The number of nitrogens with one attached hydrogen (secondary N) is 1. The van der Waals surface area contributed by atoms with Gasteiger partial charge in [-0.1, -0.05) is 0 Å². The Labute approximate surface area is 95.9 Å². The SMILES string of the molecule is O=C(N[C@@H](CO)C(=O)O)c1cc(O)cc(O)c1. The van der Waals surface area contributed by atoms with Gasteiger partial charge in [-0.2, -0.15) is 0 Å². The minimum absolute atomic E-state index is 0.109. The van der Waals surface area contributed by atoms with Gasteiger partial charge in [0.25, 0.3) is 5.91 Å². The van der Waals surface area contributed by atoms with E-state index in [1.165, 1.54) is 0 Å². The number of rotatable bonds is 4. The van der Waals surface area contributed by atoms with Gasteiger partial charge in [0.2, 0.25) is 0 Å². The maximum absolute atomic E-state index is 11.5. The summed E-state index contributed by atoms with van der Waals surface area (Å²) in [5, 5.41) is 37.6. The molecule has 1 aromatic carbocycles. The third kappa shape index (κ3) is 3.35. The number of hydrogen-bond donors (Lipinski definition) is 5. The molecular formula is C10H11NO6. The molecule has 0 unspecified atom stereocenters. The van der Waals surface area contributed by atoms with Gasteiger partial charge in [-0.3, -0.25) is 4.79 Å². The van der Waals surface area contributed by atoms with Crippen LogP contribution in [0, 0.1) is 0 Å². The van der Waals surface area contributed by atoms with E-state index in [9.17, 15) is 9.59 Å². The van der Waals surface area contributed by atoms with Crippen LogP contribution in [0.25, 0.3) is 0 Å². The van der Waals surface area contributed by atoms with E-state index in [1.54, 1.807) is 0 Å². The zero-order valence-electron chi connectivity index (χ0n) is 8.62. The summed E-state index contributed by atoms with van der Waals surface area (Å²) in [4.78, 5) is 22.1. The Morgan fingerprint density at radius 3 is 2.12 bits per heavy atom. The van der Waals surface area contributed by atoms with Crippen molar-refractivity contribution in [3.05, 3.63) is 23.8 Å². The summed E-state index contributed by atoms with van der Waals surface area (Å²) in [7, 11) is 0. The van der Waals surface area contributed by atoms with Gasteiger partial charge in [0.05, 0.1) is 6.61 Å². The number of aliphatic hydroxyl groups excluding tert-OH is 1. The fourth-order valence-corrected chi connectivity index (χ4v) is 1.15. The number of benzene rings is 1. The van der Waals surface area contributed by atoms with E-state index in [-0.39, 0.29) is 17.1 Å². The van der Waals surface area contributed by atoms with Crippen molar-refractivity contribution in [3.8, 4) is 11.5 Å². The summed E-state index contributed by atoms with van der Waals surface area (Å²) >= 11 is 0. The third-order valence-corrected chi connectivity index (χ3v) is 1.95. The summed E-state index contributed by atoms with van der Waals surface area (Å²) < 4.78 is 0. The van der Waals surface area contributed by atoms with Gasteiger partial charge in [0.15, 0.2) is 6.04 Å². The van der Waals surface area contributed by atoms with Crippen LogP contribution in [0.1, 0.15) is 10.4 Å². The summed E-state index contributed by atoms with van der Waals surface area (Å²) in [5.74, 6) is -2.86. The van der Waals surface area contributed by atoms with Crippen molar-refractivity contribution in [2.75, 3.05) is 6.61 Å². The van der Waals surface area contributed by atoms with Crippen molar-refractivity contribution < 1.29 is 30.0 Å². The first-order valence-electron chi connectivity index (χ1n) is 4.61. The normalized spacial score (nSPS) is 11.8. The van der Waals surface area contributed by atoms with Gasteiger partial charge in [-0.15, -0.1) is 0 Å². The Morgan fingerprint density at radius 1 is 1.18 bits per heavy atom. The molecule has 7 nitrogen and oxygen atoms in total. The molecule has 1 aromatic rings. The molecule has 92 valence electrons. The predicted octanol–water partition coefficient (Wildman–Crippen LogP) is -0.727. The average molecular weight is 241 g/mol. The van der Waals surface area contributed by atoms with Crippen molar-refractivity contribution in [2.24, 2.45) is 0 Å². The van der Waals surface area contributed by atoms with Crippen molar-refractivity contribution >= 4 is 11.9 Å². The van der Waals surface area contributed by atoms with E-state index < -0.39 is 24.5 Å². The number of aliphatic carboxylic acids is 1. The Morgan fingerprint density at radius 2 is 1.71 bits per heavy atom. The minimum Gasteiger partial charge on any atom is -0.508 e. The molecule has 0 aliphatic carbocycles. The number of phenolic OH excluding ortho intramolecular Hbond substituents is 2. The molecule has 0 saturated carbocycles. The van der Waals surface area contributed by atoms with E-state index in [0.29, 0.717) is 0 Å². The molecule has 1 atom stereocenters. The van der Waals surface area contributed by atoms with Crippen molar-refractivity contribution in [1.29, 1.82) is 0 Å². The molecule has 0 saturated heterocycles. The lowest BCUT2D eigenvalue weighted by molar-refractivity contribution is -0.140. The van der Waals surface area contributed by atoms with E-state index in [4.69, 9.17) is 20.4 Å². The smallest absolute Gasteiger partial charge is 0.328 e. The average Bonchev–Trinajstić information content (AvgIpc) is 2.23. The number of carbonyl (C=O) groups excluding carboxylic acids is 1.